The number of para-hydroxylation sites is 1. The summed E-state index contributed by atoms with van der Waals surface area (Å²) in [6, 6.07) is 10.2. The van der Waals surface area contributed by atoms with Gasteiger partial charge in [0, 0.05) is 52.6 Å². The van der Waals surface area contributed by atoms with Gasteiger partial charge in [-0.05, 0) is 43.4 Å². The lowest BCUT2D eigenvalue weighted by atomic mass is 9.97. The molecule has 1 unspecified atom stereocenters. The second kappa shape index (κ2) is 12.6. The quantitative estimate of drug-likeness (QED) is 0.353. The summed E-state index contributed by atoms with van der Waals surface area (Å²) in [7, 11) is 1.90. The Labute approximate surface area is 194 Å². The Balaban J connectivity index is 0.00000300. The topological polar surface area (TPSA) is 40.1 Å². The molecule has 0 saturated carbocycles. The first-order valence-electron chi connectivity index (χ1n) is 11.0. The zero-order valence-corrected chi connectivity index (χ0v) is 20.7. The van der Waals surface area contributed by atoms with Crippen LogP contribution in [-0.4, -0.2) is 68.2 Å². The Morgan fingerprint density at radius 2 is 1.86 bits per heavy atom. The van der Waals surface area contributed by atoms with E-state index < -0.39 is 0 Å². The van der Waals surface area contributed by atoms with Crippen LogP contribution in [0.1, 0.15) is 39.5 Å². The third kappa shape index (κ3) is 7.96. The number of aliphatic imine (C=N–C) groups is 1. The van der Waals surface area contributed by atoms with Crippen LogP contribution in [0.4, 0.5) is 0 Å². The Hall–Kier alpha value is -1.02. The van der Waals surface area contributed by atoms with Gasteiger partial charge in [-0.2, -0.15) is 0 Å². The van der Waals surface area contributed by atoms with Crippen molar-refractivity contribution in [3.8, 4) is 5.75 Å². The first kappa shape index (κ1) is 24.3. The highest BCUT2D eigenvalue weighted by Crippen LogP contribution is 2.20. The largest absolute Gasteiger partial charge is 0.490 e. The van der Waals surface area contributed by atoms with E-state index in [0.717, 1.165) is 56.0 Å². The molecule has 164 valence electrons. The van der Waals surface area contributed by atoms with Gasteiger partial charge in [0.05, 0.1) is 0 Å². The summed E-state index contributed by atoms with van der Waals surface area (Å²) in [4.78, 5) is 9.57. The van der Waals surface area contributed by atoms with Gasteiger partial charge in [0.15, 0.2) is 5.96 Å². The summed E-state index contributed by atoms with van der Waals surface area (Å²) in [6.07, 6.45) is 5.04. The molecule has 2 aliphatic rings. The Bertz CT molecular complexity index is 602. The minimum Gasteiger partial charge on any atom is -0.490 e. The van der Waals surface area contributed by atoms with Crippen LogP contribution in [0, 0.1) is 11.8 Å². The standard InChI is InChI=1S/C23H38N4O.HI/c1-19(2)17-26-13-7-8-20(18-26)16-25-23(24-3)27-14-11-22(12-15-27)28-21-9-5-4-6-10-21;/h4-6,9-10,19-20,22H,7-8,11-18H2,1-3H3,(H,24,25);1H. The smallest absolute Gasteiger partial charge is 0.193 e. The minimum absolute atomic E-state index is 0. The van der Waals surface area contributed by atoms with Gasteiger partial charge in [-0.15, -0.1) is 24.0 Å². The first-order valence-corrected chi connectivity index (χ1v) is 11.0. The molecule has 0 spiro atoms. The fourth-order valence-corrected chi connectivity index (χ4v) is 4.44. The highest BCUT2D eigenvalue weighted by atomic mass is 127. The van der Waals surface area contributed by atoms with Crippen LogP contribution in [0.25, 0.3) is 0 Å². The highest BCUT2D eigenvalue weighted by molar-refractivity contribution is 14.0. The second-order valence-corrected chi connectivity index (χ2v) is 8.71. The van der Waals surface area contributed by atoms with Crippen molar-refractivity contribution in [2.24, 2.45) is 16.8 Å². The van der Waals surface area contributed by atoms with Gasteiger partial charge in [0.2, 0.25) is 0 Å². The summed E-state index contributed by atoms with van der Waals surface area (Å²) in [5.41, 5.74) is 0. The normalized spacial score (nSPS) is 21.7. The van der Waals surface area contributed by atoms with Crippen molar-refractivity contribution in [1.29, 1.82) is 0 Å². The number of halogens is 1. The number of nitrogens with one attached hydrogen (secondary N) is 1. The zero-order valence-electron chi connectivity index (χ0n) is 18.3. The van der Waals surface area contributed by atoms with Gasteiger partial charge < -0.3 is 19.9 Å². The van der Waals surface area contributed by atoms with E-state index >= 15 is 0 Å². The SMILES string of the molecule is CN=C(NCC1CCCN(CC(C)C)C1)N1CCC(Oc2ccccc2)CC1.I. The lowest BCUT2D eigenvalue weighted by Gasteiger charge is -2.36. The van der Waals surface area contributed by atoms with E-state index in [1.54, 1.807) is 0 Å². The maximum absolute atomic E-state index is 6.12. The minimum atomic E-state index is 0. The molecule has 0 radical (unpaired) electrons. The van der Waals surface area contributed by atoms with E-state index in [4.69, 9.17) is 4.74 Å². The van der Waals surface area contributed by atoms with Crippen molar-refractivity contribution in [2.45, 2.75) is 45.6 Å². The number of ether oxygens (including phenoxy) is 1. The monoisotopic (exact) mass is 514 g/mol. The van der Waals surface area contributed by atoms with Crippen LogP contribution in [0.3, 0.4) is 0 Å². The number of hydrogen-bond donors (Lipinski definition) is 1. The van der Waals surface area contributed by atoms with Crippen molar-refractivity contribution in [3.63, 3.8) is 0 Å². The van der Waals surface area contributed by atoms with E-state index in [1.807, 2.05) is 37.4 Å². The van der Waals surface area contributed by atoms with E-state index in [1.165, 1.54) is 32.5 Å². The molecule has 1 N–H and O–H groups in total. The summed E-state index contributed by atoms with van der Waals surface area (Å²) in [5, 5.41) is 3.66. The molecule has 0 bridgehead atoms. The maximum atomic E-state index is 6.12. The molecular formula is C23H39IN4O. The number of rotatable bonds is 6. The van der Waals surface area contributed by atoms with Gasteiger partial charge in [0.1, 0.15) is 11.9 Å². The van der Waals surface area contributed by atoms with E-state index in [-0.39, 0.29) is 24.0 Å². The van der Waals surface area contributed by atoms with Gasteiger partial charge in [-0.1, -0.05) is 32.0 Å². The lowest BCUT2D eigenvalue weighted by molar-refractivity contribution is 0.128. The maximum Gasteiger partial charge on any atom is 0.193 e. The third-order valence-corrected chi connectivity index (χ3v) is 5.77. The number of piperidine rings is 2. The molecule has 1 aromatic rings. The van der Waals surface area contributed by atoms with E-state index in [2.05, 4.69) is 34.0 Å². The van der Waals surface area contributed by atoms with Crippen LogP contribution < -0.4 is 10.1 Å². The Morgan fingerprint density at radius 3 is 2.52 bits per heavy atom. The Morgan fingerprint density at radius 1 is 1.14 bits per heavy atom. The molecule has 2 fully saturated rings. The third-order valence-electron chi connectivity index (χ3n) is 5.77. The summed E-state index contributed by atoms with van der Waals surface area (Å²) in [5.74, 6) is 3.51. The molecule has 1 atom stereocenters. The number of benzene rings is 1. The number of likely N-dealkylation sites (tertiary alicyclic amines) is 2. The van der Waals surface area contributed by atoms with Crippen LogP contribution in [0.2, 0.25) is 0 Å². The molecular weight excluding hydrogens is 475 g/mol. The summed E-state index contributed by atoms with van der Waals surface area (Å²) in [6.45, 7) is 11.4. The second-order valence-electron chi connectivity index (χ2n) is 8.71. The number of nitrogens with zero attached hydrogens (tertiary/aromatic N) is 3. The molecule has 2 aliphatic heterocycles. The molecule has 0 aliphatic carbocycles. The van der Waals surface area contributed by atoms with E-state index in [9.17, 15) is 0 Å². The number of guanidine groups is 1. The fraction of sp³-hybridized carbons (Fsp3) is 0.696. The lowest BCUT2D eigenvalue weighted by Crippen LogP contribution is -2.49. The van der Waals surface area contributed by atoms with Gasteiger partial charge in [-0.25, -0.2) is 0 Å². The Kier molecular flexibility index (Phi) is 10.6. The molecule has 3 rings (SSSR count). The molecule has 5 nitrogen and oxygen atoms in total. The summed E-state index contributed by atoms with van der Waals surface area (Å²) < 4.78 is 6.12. The molecule has 2 heterocycles. The van der Waals surface area contributed by atoms with Gasteiger partial charge in [0.25, 0.3) is 0 Å². The molecule has 0 aromatic heterocycles. The van der Waals surface area contributed by atoms with E-state index in [0.29, 0.717) is 6.10 Å². The average molecular weight is 514 g/mol. The first-order chi connectivity index (χ1) is 13.6. The van der Waals surface area contributed by atoms with Gasteiger partial charge >= 0.3 is 0 Å². The van der Waals surface area contributed by atoms with Crippen LogP contribution >= 0.6 is 24.0 Å². The predicted octanol–water partition coefficient (Wildman–Crippen LogP) is 4.09. The van der Waals surface area contributed by atoms with Crippen molar-refractivity contribution >= 4 is 29.9 Å². The van der Waals surface area contributed by atoms with Gasteiger partial charge in [-0.3, -0.25) is 4.99 Å². The molecule has 0 amide bonds. The average Bonchev–Trinajstić information content (AvgIpc) is 2.70. The molecule has 2 saturated heterocycles. The fourth-order valence-electron chi connectivity index (χ4n) is 4.44. The van der Waals surface area contributed by atoms with Crippen LogP contribution in [0.15, 0.2) is 35.3 Å². The summed E-state index contributed by atoms with van der Waals surface area (Å²) >= 11 is 0. The highest BCUT2D eigenvalue weighted by Gasteiger charge is 2.24. The molecule has 6 heteroatoms. The molecule has 29 heavy (non-hydrogen) atoms. The van der Waals surface area contributed by atoms with Crippen molar-refractivity contribution in [2.75, 3.05) is 46.3 Å². The van der Waals surface area contributed by atoms with Crippen molar-refractivity contribution in [1.82, 2.24) is 15.1 Å². The number of hydrogen-bond acceptors (Lipinski definition) is 3. The predicted molar refractivity (Wildman–Crippen MR) is 132 cm³/mol. The zero-order chi connectivity index (χ0) is 19.8. The van der Waals surface area contributed by atoms with Crippen LogP contribution in [0.5, 0.6) is 5.75 Å². The van der Waals surface area contributed by atoms with Crippen molar-refractivity contribution < 1.29 is 4.74 Å². The van der Waals surface area contributed by atoms with Crippen molar-refractivity contribution in [3.05, 3.63) is 30.3 Å². The molecule has 1 aromatic carbocycles. The van der Waals surface area contributed by atoms with Crippen LogP contribution in [-0.2, 0) is 0 Å².